The number of hydrogen-bond acceptors (Lipinski definition) is 3. The second kappa shape index (κ2) is 6.06. The molecule has 0 aliphatic rings. The maximum Gasteiger partial charge on any atom is 0.185 e. The first-order valence-electron chi connectivity index (χ1n) is 6.26. The van der Waals surface area contributed by atoms with Gasteiger partial charge in [-0.15, -0.1) is 0 Å². The number of phenolic OH excluding ortho intramolecular Hbond substituents is 1. The second-order valence-electron chi connectivity index (χ2n) is 4.47. The average Bonchev–Trinajstić information content (AvgIpc) is 2.45. The highest BCUT2D eigenvalue weighted by atomic mass is 16.5. The van der Waals surface area contributed by atoms with Crippen LogP contribution in [0.15, 0.2) is 48.5 Å². The zero-order valence-corrected chi connectivity index (χ0v) is 11.5. The highest BCUT2D eigenvalue weighted by molar-refractivity contribution is 6.06. The van der Waals surface area contributed by atoms with Crippen LogP contribution in [0.2, 0.25) is 0 Å². The first kappa shape index (κ1) is 13.9. The minimum absolute atomic E-state index is 0.0986. The quantitative estimate of drug-likeness (QED) is 0.680. The van der Waals surface area contributed by atoms with Crippen molar-refractivity contribution in [1.29, 1.82) is 0 Å². The molecule has 2 aromatic carbocycles. The van der Waals surface area contributed by atoms with Crippen molar-refractivity contribution < 1.29 is 14.6 Å². The van der Waals surface area contributed by atoms with Crippen LogP contribution >= 0.6 is 0 Å². The number of aromatic hydroxyl groups is 1. The Labute approximate surface area is 118 Å². The van der Waals surface area contributed by atoms with E-state index in [1.165, 1.54) is 18.2 Å². The molecule has 0 spiro atoms. The van der Waals surface area contributed by atoms with Gasteiger partial charge in [0.25, 0.3) is 0 Å². The van der Waals surface area contributed by atoms with E-state index in [1.807, 2.05) is 25.1 Å². The fourth-order valence-corrected chi connectivity index (χ4v) is 1.90. The van der Waals surface area contributed by atoms with Crippen LogP contribution in [-0.2, 0) is 0 Å². The highest BCUT2D eigenvalue weighted by Crippen LogP contribution is 2.19. The van der Waals surface area contributed by atoms with Gasteiger partial charge in [-0.25, -0.2) is 0 Å². The Bertz CT molecular complexity index is 640. The van der Waals surface area contributed by atoms with E-state index >= 15 is 0 Å². The Balaban J connectivity index is 2.14. The molecule has 20 heavy (non-hydrogen) atoms. The van der Waals surface area contributed by atoms with Crippen LogP contribution in [0.25, 0.3) is 6.08 Å². The molecular formula is C17H16O3. The first-order chi connectivity index (χ1) is 9.60. The summed E-state index contributed by atoms with van der Waals surface area (Å²) < 4.78 is 5.19. The monoisotopic (exact) mass is 268 g/mol. The molecule has 0 fully saturated rings. The third kappa shape index (κ3) is 3.26. The standard InChI is InChI=1S/C17H16O3/c1-12-11-13(4-10-17(12)20-2)3-9-16(19)14-5-7-15(18)8-6-14/h3-11,18H,1-2H3. The van der Waals surface area contributed by atoms with Gasteiger partial charge in [0.2, 0.25) is 0 Å². The Morgan fingerprint density at radius 1 is 1.15 bits per heavy atom. The summed E-state index contributed by atoms with van der Waals surface area (Å²) in [5, 5.41) is 9.19. The maximum absolute atomic E-state index is 11.9. The number of methoxy groups -OCH3 is 1. The van der Waals surface area contributed by atoms with Gasteiger partial charge in [0, 0.05) is 5.56 Å². The van der Waals surface area contributed by atoms with E-state index in [0.29, 0.717) is 5.56 Å². The highest BCUT2D eigenvalue weighted by Gasteiger charge is 2.02. The molecule has 0 atom stereocenters. The molecular weight excluding hydrogens is 252 g/mol. The Kier molecular flexibility index (Phi) is 4.20. The van der Waals surface area contributed by atoms with E-state index in [4.69, 9.17) is 4.74 Å². The van der Waals surface area contributed by atoms with Crippen LogP contribution in [0.4, 0.5) is 0 Å². The van der Waals surface area contributed by atoms with Gasteiger partial charge in [0.15, 0.2) is 5.78 Å². The third-order valence-corrected chi connectivity index (χ3v) is 3.00. The average molecular weight is 268 g/mol. The number of rotatable bonds is 4. The Morgan fingerprint density at radius 2 is 1.85 bits per heavy atom. The molecule has 3 nitrogen and oxygen atoms in total. The van der Waals surface area contributed by atoms with Gasteiger partial charge in [-0.3, -0.25) is 4.79 Å². The van der Waals surface area contributed by atoms with Crippen molar-refractivity contribution in [3.8, 4) is 11.5 Å². The minimum atomic E-state index is -0.0986. The fourth-order valence-electron chi connectivity index (χ4n) is 1.90. The molecule has 0 aromatic heterocycles. The van der Waals surface area contributed by atoms with Crippen molar-refractivity contribution in [1.82, 2.24) is 0 Å². The molecule has 0 unspecified atom stereocenters. The Hall–Kier alpha value is -2.55. The van der Waals surface area contributed by atoms with E-state index in [0.717, 1.165) is 16.9 Å². The van der Waals surface area contributed by atoms with Crippen LogP contribution in [0.1, 0.15) is 21.5 Å². The van der Waals surface area contributed by atoms with Crippen LogP contribution in [-0.4, -0.2) is 18.0 Å². The topological polar surface area (TPSA) is 46.5 Å². The molecule has 102 valence electrons. The number of ketones is 1. The molecule has 0 heterocycles. The summed E-state index contributed by atoms with van der Waals surface area (Å²) in [6, 6.07) is 11.9. The molecule has 0 aliphatic carbocycles. The van der Waals surface area contributed by atoms with Crippen molar-refractivity contribution in [2.75, 3.05) is 7.11 Å². The zero-order valence-electron chi connectivity index (χ0n) is 11.5. The summed E-state index contributed by atoms with van der Waals surface area (Å²) in [6.45, 7) is 1.96. The summed E-state index contributed by atoms with van der Waals surface area (Å²) in [7, 11) is 1.63. The fraction of sp³-hybridized carbons (Fsp3) is 0.118. The van der Waals surface area contributed by atoms with Crippen molar-refractivity contribution in [2.45, 2.75) is 6.92 Å². The lowest BCUT2D eigenvalue weighted by atomic mass is 10.1. The predicted octanol–water partition coefficient (Wildman–Crippen LogP) is 3.61. The summed E-state index contributed by atoms with van der Waals surface area (Å²) >= 11 is 0. The molecule has 3 heteroatoms. The normalized spacial score (nSPS) is 10.7. The van der Waals surface area contributed by atoms with Gasteiger partial charge < -0.3 is 9.84 Å². The molecule has 0 bridgehead atoms. The zero-order chi connectivity index (χ0) is 14.5. The van der Waals surface area contributed by atoms with E-state index in [1.54, 1.807) is 25.3 Å². The number of aryl methyl sites for hydroxylation is 1. The summed E-state index contributed by atoms with van der Waals surface area (Å²) in [4.78, 5) is 11.9. The first-order valence-corrected chi connectivity index (χ1v) is 6.26. The minimum Gasteiger partial charge on any atom is -0.508 e. The lowest BCUT2D eigenvalue weighted by Gasteiger charge is -2.04. The van der Waals surface area contributed by atoms with Gasteiger partial charge in [-0.05, 0) is 60.5 Å². The molecule has 0 radical (unpaired) electrons. The van der Waals surface area contributed by atoms with E-state index in [9.17, 15) is 9.90 Å². The van der Waals surface area contributed by atoms with Crippen LogP contribution in [0, 0.1) is 6.92 Å². The van der Waals surface area contributed by atoms with E-state index in [2.05, 4.69) is 0 Å². The molecule has 0 amide bonds. The van der Waals surface area contributed by atoms with Crippen LogP contribution < -0.4 is 4.74 Å². The largest absolute Gasteiger partial charge is 0.508 e. The molecule has 0 saturated carbocycles. The molecule has 0 aliphatic heterocycles. The molecule has 2 aromatic rings. The number of allylic oxidation sites excluding steroid dienone is 1. The van der Waals surface area contributed by atoms with Crippen molar-refractivity contribution >= 4 is 11.9 Å². The molecule has 1 N–H and O–H groups in total. The summed E-state index contributed by atoms with van der Waals surface area (Å²) in [5.41, 5.74) is 2.51. The molecule has 0 saturated heterocycles. The number of ether oxygens (including phenoxy) is 1. The van der Waals surface area contributed by atoms with Gasteiger partial charge >= 0.3 is 0 Å². The van der Waals surface area contributed by atoms with Gasteiger partial charge in [0.05, 0.1) is 7.11 Å². The van der Waals surface area contributed by atoms with E-state index in [-0.39, 0.29) is 11.5 Å². The van der Waals surface area contributed by atoms with E-state index < -0.39 is 0 Å². The third-order valence-electron chi connectivity index (χ3n) is 3.00. The predicted molar refractivity (Wildman–Crippen MR) is 79.2 cm³/mol. The van der Waals surface area contributed by atoms with Gasteiger partial charge in [-0.2, -0.15) is 0 Å². The molecule has 2 rings (SSSR count). The number of carbonyl (C=O) groups is 1. The summed E-state index contributed by atoms with van der Waals surface area (Å²) in [6.07, 6.45) is 3.29. The van der Waals surface area contributed by atoms with Gasteiger partial charge in [-0.1, -0.05) is 12.1 Å². The van der Waals surface area contributed by atoms with Crippen molar-refractivity contribution in [3.05, 3.63) is 65.2 Å². The van der Waals surface area contributed by atoms with Gasteiger partial charge in [0.1, 0.15) is 11.5 Å². The lowest BCUT2D eigenvalue weighted by molar-refractivity contribution is 0.104. The van der Waals surface area contributed by atoms with Crippen LogP contribution in [0.5, 0.6) is 11.5 Å². The number of benzene rings is 2. The number of phenols is 1. The maximum atomic E-state index is 11.9. The number of carbonyl (C=O) groups excluding carboxylic acids is 1. The summed E-state index contributed by atoms with van der Waals surface area (Å²) in [5.74, 6) is 0.877. The SMILES string of the molecule is COc1ccc(C=CC(=O)c2ccc(O)cc2)cc1C. The second-order valence-corrected chi connectivity index (χ2v) is 4.47. The lowest BCUT2D eigenvalue weighted by Crippen LogP contribution is -1.93. The Morgan fingerprint density at radius 3 is 2.45 bits per heavy atom. The number of hydrogen-bond donors (Lipinski definition) is 1. The smallest absolute Gasteiger partial charge is 0.185 e. The van der Waals surface area contributed by atoms with Crippen LogP contribution in [0.3, 0.4) is 0 Å². The van der Waals surface area contributed by atoms with Crippen molar-refractivity contribution in [3.63, 3.8) is 0 Å². The van der Waals surface area contributed by atoms with Crippen molar-refractivity contribution in [2.24, 2.45) is 0 Å².